The molecular formula is C11H15F2NO4. The van der Waals surface area contributed by atoms with Gasteiger partial charge in [-0.25, -0.2) is 13.6 Å². The minimum absolute atomic E-state index is 0.111. The highest BCUT2D eigenvalue weighted by Gasteiger charge is 2.52. The number of hydrogen-bond donors (Lipinski definition) is 2. The van der Waals surface area contributed by atoms with E-state index in [1.54, 1.807) is 6.92 Å². The van der Waals surface area contributed by atoms with Gasteiger partial charge >= 0.3 is 6.09 Å². The second kappa shape index (κ2) is 4.15. The first-order valence-corrected chi connectivity index (χ1v) is 5.77. The molecule has 1 amide bonds. The summed E-state index contributed by atoms with van der Waals surface area (Å²) in [6.45, 7) is 1.83. The third-order valence-corrected chi connectivity index (χ3v) is 3.46. The highest BCUT2D eigenvalue weighted by atomic mass is 19.3. The summed E-state index contributed by atoms with van der Waals surface area (Å²) in [5, 5.41) is 10.8. The Labute approximate surface area is 102 Å². The lowest BCUT2D eigenvalue weighted by molar-refractivity contribution is -0.131. The molecule has 1 aliphatic heterocycles. The molecule has 2 rings (SSSR count). The van der Waals surface area contributed by atoms with Crippen LogP contribution in [0.25, 0.3) is 0 Å². The molecule has 0 radical (unpaired) electrons. The van der Waals surface area contributed by atoms with Crippen LogP contribution in [0.1, 0.15) is 26.2 Å². The predicted octanol–water partition coefficient (Wildman–Crippen LogP) is 1.42. The molecule has 7 heteroatoms. The van der Waals surface area contributed by atoms with E-state index >= 15 is 0 Å². The number of carbonyl (C=O) groups excluding carboxylic acids is 1. The number of epoxide rings is 1. The Morgan fingerprint density at radius 1 is 1.50 bits per heavy atom. The Bertz CT molecular complexity index is 373. The van der Waals surface area contributed by atoms with E-state index in [0.717, 1.165) is 0 Å². The molecule has 2 aliphatic rings. The van der Waals surface area contributed by atoms with Gasteiger partial charge in [-0.15, -0.1) is 0 Å². The van der Waals surface area contributed by atoms with E-state index in [9.17, 15) is 18.4 Å². The molecule has 0 aromatic rings. The van der Waals surface area contributed by atoms with Crippen molar-refractivity contribution in [3.05, 3.63) is 0 Å². The van der Waals surface area contributed by atoms with Gasteiger partial charge in [-0.05, 0) is 19.3 Å². The minimum Gasteiger partial charge on any atom is -0.465 e. The summed E-state index contributed by atoms with van der Waals surface area (Å²) in [5.41, 5.74) is -0.945. The molecular weight excluding hydrogens is 248 g/mol. The highest BCUT2D eigenvalue weighted by molar-refractivity contribution is 5.95. The number of Topliss-reactive ketones (excluding diaryl/α,β-unsaturated/α-hetero) is 1. The molecule has 0 unspecified atom stereocenters. The zero-order chi connectivity index (χ0) is 13.6. The minimum atomic E-state index is -2.67. The maximum Gasteiger partial charge on any atom is 0.405 e. The second-order valence-electron chi connectivity index (χ2n) is 5.25. The summed E-state index contributed by atoms with van der Waals surface area (Å²) in [6, 6.07) is -0.962. The molecule has 1 aliphatic carbocycles. The summed E-state index contributed by atoms with van der Waals surface area (Å²) < 4.78 is 30.4. The molecule has 0 bridgehead atoms. The Hall–Kier alpha value is -1.24. The van der Waals surface area contributed by atoms with Gasteiger partial charge in [-0.1, -0.05) is 0 Å². The number of ketones is 1. The Morgan fingerprint density at radius 3 is 2.44 bits per heavy atom. The average molecular weight is 263 g/mol. The predicted molar refractivity (Wildman–Crippen MR) is 56.6 cm³/mol. The molecule has 5 nitrogen and oxygen atoms in total. The van der Waals surface area contributed by atoms with Crippen LogP contribution in [0.4, 0.5) is 13.6 Å². The van der Waals surface area contributed by atoms with E-state index in [0.29, 0.717) is 0 Å². The molecule has 1 saturated heterocycles. The van der Waals surface area contributed by atoms with Crippen LogP contribution in [0.15, 0.2) is 0 Å². The van der Waals surface area contributed by atoms with Gasteiger partial charge in [0.2, 0.25) is 5.92 Å². The Morgan fingerprint density at radius 2 is 2.06 bits per heavy atom. The molecule has 18 heavy (non-hydrogen) atoms. The van der Waals surface area contributed by atoms with Crippen LogP contribution in [0.3, 0.4) is 0 Å². The molecule has 102 valence electrons. The third kappa shape index (κ3) is 2.77. The first-order chi connectivity index (χ1) is 8.22. The molecule has 2 fully saturated rings. The van der Waals surface area contributed by atoms with Gasteiger partial charge < -0.3 is 15.2 Å². The van der Waals surface area contributed by atoms with Crippen molar-refractivity contribution in [2.24, 2.45) is 5.92 Å². The fraction of sp³-hybridized carbons (Fsp3) is 0.818. The number of amides is 1. The van der Waals surface area contributed by atoms with Crippen molar-refractivity contribution < 1.29 is 28.2 Å². The monoisotopic (exact) mass is 263 g/mol. The number of nitrogens with one attached hydrogen (secondary N) is 1. The number of halogens is 2. The van der Waals surface area contributed by atoms with Crippen LogP contribution >= 0.6 is 0 Å². The van der Waals surface area contributed by atoms with Gasteiger partial charge in [0.15, 0.2) is 5.78 Å². The standard InChI is InChI=1S/C11H15F2NO4/c1-10(5-18-10)8(15)7(14-9(16)17)2-6-3-11(12,13)4-6/h6-7,14H,2-5H2,1H3,(H,16,17)/t7-,10-/m0/s1. The van der Waals surface area contributed by atoms with E-state index in [1.807, 2.05) is 0 Å². The van der Waals surface area contributed by atoms with Crippen LogP contribution < -0.4 is 5.32 Å². The fourth-order valence-corrected chi connectivity index (χ4v) is 2.28. The summed E-state index contributed by atoms with van der Waals surface area (Å²) in [6.07, 6.45) is -1.78. The van der Waals surface area contributed by atoms with Crippen molar-refractivity contribution in [1.29, 1.82) is 0 Å². The lowest BCUT2D eigenvalue weighted by Crippen LogP contribution is -2.49. The van der Waals surface area contributed by atoms with E-state index in [1.165, 1.54) is 0 Å². The van der Waals surface area contributed by atoms with Crippen LogP contribution in [-0.2, 0) is 9.53 Å². The van der Waals surface area contributed by atoms with Gasteiger partial charge in [-0.3, -0.25) is 4.79 Å². The van der Waals surface area contributed by atoms with E-state index in [2.05, 4.69) is 5.32 Å². The largest absolute Gasteiger partial charge is 0.465 e. The maximum absolute atomic E-state index is 12.7. The van der Waals surface area contributed by atoms with Crippen LogP contribution in [0.5, 0.6) is 0 Å². The zero-order valence-corrected chi connectivity index (χ0v) is 9.91. The van der Waals surface area contributed by atoms with Gasteiger partial charge in [0.25, 0.3) is 0 Å². The summed E-state index contributed by atoms with van der Waals surface area (Å²) >= 11 is 0. The van der Waals surface area contributed by atoms with Crippen molar-refractivity contribution in [3.63, 3.8) is 0 Å². The van der Waals surface area contributed by atoms with Gasteiger partial charge in [0.1, 0.15) is 5.60 Å². The SMILES string of the molecule is C[C@@]1(C(=O)[C@H](CC2CC(F)(F)C2)NC(=O)O)CO1. The van der Waals surface area contributed by atoms with Crippen molar-refractivity contribution in [2.45, 2.75) is 43.8 Å². The van der Waals surface area contributed by atoms with E-state index in [4.69, 9.17) is 9.84 Å². The highest BCUT2D eigenvalue weighted by Crippen LogP contribution is 2.45. The van der Waals surface area contributed by atoms with Gasteiger partial charge in [0, 0.05) is 12.8 Å². The van der Waals surface area contributed by atoms with Gasteiger partial charge in [0.05, 0.1) is 12.6 Å². The smallest absolute Gasteiger partial charge is 0.405 e. The zero-order valence-electron chi connectivity index (χ0n) is 9.91. The molecule has 1 heterocycles. The number of carboxylic acid groups (broad SMARTS) is 1. The lowest BCUT2D eigenvalue weighted by Gasteiger charge is -2.36. The number of rotatable bonds is 5. The first-order valence-electron chi connectivity index (χ1n) is 5.77. The van der Waals surface area contributed by atoms with Crippen molar-refractivity contribution in [2.75, 3.05) is 6.61 Å². The van der Waals surface area contributed by atoms with E-state index in [-0.39, 0.29) is 37.6 Å². The second-order valence-corrected chi connectivity index (χ2v) is 5.25. The van der Waals surface area contributed by atoms with Gasteiger partial charge in [-0.2, -0.15) is 0 Å². The summed E-state index contributed by atoms with van der Waals surface area (Å²) in [4.78, 5) is 22.6. The average Bonchev–Trinajstić information content (AvgIpc) is 2.92. The number of ether oxygens (including phenoxy) is 1. The van der Waals surface area contributed by atoms with Crippen molar-refractivity contribution in [3.8, 4) is 0 Å². The Balaban J connectivity index is 1.93. The topological polar surface area (TPSA) is 78.9 Å². The number of alkyl halides is 2. The van der Waals surface area contributed by atoms with Crippen molar-refractivity contribution >= 4 is 11.9 Å². The fourth-order valence-electron chi connectivity index (χ4n) is 2.28. The van der Waals surface area contributed by atoms with E-state index < -0.39 is 23.7 Å². The molecule has 0 aromatic heterocycles. The molecule has 0 spiro atoms. The van der Waals surface area contributed by atoms with Crippen molar-refractivity contribution in [1.82, 2.24) is 5.32 Å². The normalized spacial score (nSPS) is 31.3. The van der Waals surface area contributed by atoms with Crippen LogP contribution in [0.2, 0.25) is 0 Å². The first kappa shape index (κ1) is 13.2. The lowest BCUT2D eigenvalue weighted by atomic mass is 9.76. The van der Waals surface area contributed by atoms with Crippen LogP contribution in [-0.4, -0.2) is 41.2 Å². The summed E-state index contributed by atoms with van der Waals surface area (Å²) in [5.74, 6) is -3.36. The number of hydrogen-bond acceptors (Lipinski definition) is 3. The molecule has 0 aromatic carbocycles. The quantitative estimate of drug-likeness (QED) is 0.735. The maximum atomic E-state index is 12.7. The van der Waals surface area contributed by atoms with Crippen LogP contribution in [0, 0.1) is 5.92 Å². The Kier molecular flexibility index (Phi) is 3.04. The number of carbonyl (C=O) groups is 2. The molecule has 2 atom stereocenters. The molecule has 2 N–H and O–H groups in total. The third-order valence-electron chi connectivity index (χ3n) is 3.46. The molecule has 1 saturated carbocycles. The summed E-state index contributed by atoms with van der Waals surface area (Å²) in [7, 11) is 0.